The highest BCUT2D eigenvalue weighted by Crippen LogP contribution is 2.36. The first-order chi connectivity index (χ1) is 13.2. The van der Waals surface area contributed by atoms with Gasteiger partial charge < -0.3 is 18.6 Å². The smallest absolute Gasteiger partial charge is 0.256 e. The molecule has 1 amide bonds. The Bertz CT molecular complexity index is 817. The molecule has 28 heavy (non-hydrogen) atoms. The third-order valence-corrected chi connectivity index (χ3v) is 10.7. The van der Waals surface area contributed by atoms with Crippen LogP contribution in [0.1, 0.15) is 37.6 Å². The van der Waals surface area contributed by atoms with Crippen molar-refractivity contribution < 1.29 is 14.0 Å². The van der Waals surface area contributed by atoms with Gasteiger partial charge in [0.25, 0.3) is 5.91 Å². The van der Waals surface area contributed by atoms with Crippen LogP contribution in [0, 0.1) is 0 Å². The Morgan fingerprint density at radius 1 is 1.18 bits per heavy atom. The number of hydrogen-bond donors (Lipinski definition) is 0. The number of amides is 1. The van der Waals surface area contributed by atoms with Gasteiger partial charge in [-0.1, -0.05) is 39.0 Å². The van der Waals surface area contributed by atoms with Crippen molar-refractivity contribution in [2.75, 3.05) is 32.9 Å². The van der Waals surface area contributed by atoms with Crippen LogP contribution in [0.4, 0.5) is 0 Å². The Morgan fingerprint density at radius 3 is 2.54 bits per heavy atom. The number of nitrogens with zero attached hydrogens (tertiary/aromatic N) is 2. The van der Waals surface area contributed by atoms with Crippen molar-refractivity contribution in [2.45, 2.75) is 51.9 Å². The molecule has 0 spiro atoms. The molecule has 5 nitrogen and oxygen atoms in total. The highest BCUT2D eigenvalue weighted by Gasteiger charge is 2.36. The van der Waals surface area contributed by atoms with Crippen molar-refractivity contribution in [3.05, 3.63) is 36.0 Å². The maximum absolute atomic E-state index is 13.0. The molecule has 1 aliphatic heterocycles. The summed E-state index contributed by atoms with van der Waals surface area (Å²) in [6.07, 6.45) is 2.96. The Balaban J connectivity index is 1.71. The quantitative estimate of drug-likeness (QED) is 0.527. The monoisotopic (exact) mass is 402 g/mol. The third-order valence-electron chi connectivity index (χ3n) is 6.13. The largest absolute Gasteiger partial charge is 0.417 e. The molecule has 2 aromatic rings. The second-order valence-electron chi connectivity index (χ2n) is 9.12. The first-order valence-corrected chi connectivity index (χ1v) is 13.2. The van der Waals surface area contributed by atoms with Gasteiger partial charge in [0.1, 0.15) is 0 Å². The number of para-hydroxylation sites is 1. The number of carbonyl (C=O) groups is 1. The number of aromatic nitrogens is 1. The van der Waals surface area contributed by atoms with Crippen molar-refractivity contribution >= 4 is 25.1 Å². The minimum Gasteiger partial charge on any atom is -0.417 e. The fourth-order valence-electron chi connectivity index (χ4n) is 3.32. The van der Waals surface area contributed by atoms with E-state index in [0.717, 1.165) is 36.0 Å². The van der Waals surface area contributed by atoms with Gasteiger partial charge in [-0.05, 0) is 30.6 Å². The van der Waals surface area contributed by atoms with Crippen LogP contribution in [-0.4, -0.2) is 56.6 Å². The average Bonchev–Trinajstić information content (AvgIpc) is 3.03. The molecule has 2 heterocycles. The van der Waals surface area contributed by atoms with E-state index in [9.17, 15) is 4.79 Å². The Labute approximate surface area is 169 Å². The van der Waals surface area contributed by atoms with Crippen LogP contribution in [0.2, 0.25) is 18.1 Å². The molecule has 1 aromatic carbocycles. The number of ether oxygens (including phenoxy) is 1. The van der Waals surface area contributed by atoms with Crippen LogP contribution < -0.4 is 0 Å². The fraction of sp³-hybridized carbons (Fsp3) is 0.591. The summed E-state index contributed by atoms with van der Waals surface area (Å²) in [4.78, 5) is 14.9. The molecule has 3 rings (SSSR count). The lowest BCUT2D eigenvalue weighted by atomic mass is 10.1. The van der Waals surface area contributed by atoms with Crippen molar-refractivity contribution in [3.8, 4) is 0 Å². The van der Waals surface area contributed by atoms with Gasteiger partial charge in [-0.2, -0.15) is 0 Å². The Hall–Kier alpha value is -1.63. The molecule has 0 aliphatic carbocycles. The van der Waals surface area contributed by atoms with E-state index in [-0.39, 0.29) is 10.9 Å². The van der Waals surface area contributed by atoms with E-state index in [1.165, 1.54) is 0 Å². The molecule has 0 radical (unpaired) electrons. The molecule has 0 saturated carbocycles. The number of rotatable bonds is 6. The predicted molar refractivity (Wildman–Crippen MR) is 116 cm³/mol. The van der Waals surface area contributed by atoms with E-state index >= 15 is 0 Å². The first-order valence-electron chi connectivity index (χ1n) is 10.3. The van der Waals surface area contributed by atoms with Crippen LogP contribution in [0.3, 0.4) is 0 Å². The van der Waals surface area contributed by atoms with Gasteiger partial charge in [-0.15, -0.1) is 0 Å². The summed E-state index contributed by atoms with van der Waals surface area (Å²) in [6.45, 7) is 15.6. The van der Waals surface area contributed by atoms with Crippen LogP contribution in [0.5, 0.6) is 0 Å². The summed E-state index contributed by atoms with van der Waals surface area (Å²) < 4.78 is 13.9. The second kappa shape index (κ2) is 8.39. The van der Waals surface area contributed by atoms with Gasteiger partial charge in [0.05, 0.1) is 18.8 Å². The lowest BCUT2D eigenvalue weighted by Gasteiger charge is -2.36. The van der Waals surface area contributed by atoms with E-state index in [1.807, 2.05) is 29.3 Å². The molecule has 0 unspecified atom stereocenters. The fourth-order valence-corrected chi connectivity index (χ4v) is 4.41. The van der Waals surface area contributed by atoms with Crippen LogP contribution in [0.15, 0.2) is 30.5 Å². The number of benzene rings is 1. The van der Waals surface area contributed by atoms with Gasteiger partial charge in [0.2, 0.25) is 0 Å². The normalized spacial score (nSPS) is 16.0. The third kappa shape index (κ3) is 4.50. The van der Waals surface area contributed by atoms with E-state index in [0.29, 0.717) is 26.3 Å². The maximum atomic E-state index is 13.0. The summed E-state index contributed by atoms with van der Waals surface area (Å²) in [7, 11) is -1.71. The lowest BCUT2D eigenvalue weighted by Crippen LogP contribution is -2.41. The van der Waals surface area contributed by atoms with Gasteiger partial charge in [-0.25, -0.2) is 0 Å². The SMILES string of the molecule is CC(C)(C)[Si](C)(C)OCCCn1cc(C(=O)N2CCOCC2)c2ccccc21. The molecule has 0 N–H and O–H groups in total. The molecule has 6 heteroatoms. The van der Waals surface area contributed by atoms with Crippen molar-refractivity contribution in [1.29, 1.82) is 0 Å². The molecule has 154 valence electrons. The summed E-state index contributed by atoms with van der Waals surface area (Å²) in [5, 5.41) is 1.26. The summed E-state index contributed by atoms with van der Waals surface area (Å²) >= 11 is 0. The van der Waals surface area contributed by atoms with Crippen molar-refractivity contribution in [1.82, 2.24) is 9.47 Å². The first kappa shape index (κ1) is 21.1. The van der Waals surface area contributed by atoms with E-state index in [2.05, 4.69) is 44.5 Å². The number of aryl methyl sites for hydroxylation is 1. The van der Waals surface area contributed by atoms with Crippen molar-refractivity contribution in [3.63, 3.8) is 0 Å². The van der Waals surface area contributed by atoms with Gasteiger partial charge in [0, 0.05) is 43.3 Å². The van der Waals surface area contributed by atoms with Gasteiger partial charge in [0.15, 0.2) is 8.32 Å². The molecule has 1 fully saturated rings. The number of morpholine rings is 1. The Kier molecular flexibility index (Phi) is 6.32. The van der Waals surface area contributed by atoms with Crippen LogP contribution in [0.25, 0.3) is 10.9 Å². The standard InChI is InChI=1S/C22H34N2O3Si/c1-22(2,3)28(4,5)27-14-8-11-24-17-19(18-9-6-7-10-20(18)24)21(25)23-12-15-26-16-13-23/h6-7,9-10,17H,8,11-16H2,1-5H3. The summed E-state index contributed by atoms with van der Waals surface area (Å²) in [5.41, 5.74) is 1.91. The zero-order valence-corrected chi connectivity index (χ0v) is 19.0. The highest BCUT2D eigenvalue weighted by molar-refractivity contribution is 6.74. The maximum Gasteiger partial charge on any atom is 0.256 e. The van der Waals surface area contributed by atoms with Crippen LogP contribution in [-0.2, 0) is 15.7 Å². The highest BCUT2D eigenvalue weighted by atomic mass is 28.4. The average molecular weight is 403 g/mol. The molecule has 1 saturated heterocycles. The van der Waals surface area contributed by atoms with E-state index < -0.39 is 8.32 Å². The summed E-state index contributed by atoms with van der Waals surface area (Å²) in [6, 6.07) is 8.18. The molecule has 1 aromatic heterocycles. The van der Waals surface area contributed by atoms with Gasteiger partial charge >= 0.3 is 0 Å². The zero-order chi connectivity index (χ0) is 20.4. The zero-order valence-electron chi connectivity index (χ0n) is 18.0. The number of fused-ring (bicyclic) bond motifs is 1. The summed E-state index contributed by atoms with van der Waals surface area (Å²) in [5.74, 6) is 0.107. The van der Waals surface area contributed by atoms with Gasteiger partial charge in [-0.3, -0.25) is 4.79 Å². The lowest BCUT2D eigenvalue weighted by molar-refractivity contribution is 0.0304. The van der Waals surface area contributed by atoms with Crippen molar-refractivity contribution in [2.24, 2.45) is 0 Å². The molecular formula is C22H34N2O3Si. The van der Waals surface area contributed by atoms with E-state index in [1.54, 1.807) is 0 Å². The Morgan fingerprint density at radius 2 is 1.86 bits per heavy atom. The molecule has 0 atom stereocenters. The molecule has 1 aliphatic rings. The number of carbonyl (C=O) groups excluding carboxylic acids is 1. The molecular weight excluding hydrogens is 368 g/mol. The number of hydrogen-bond acceptors (Lipinski definition) is 3. The second-order valence-corrected chi connectivity index (χ2v) is 13.9. The predicted octanol–water partition coefficient (Wildman–Crippen LogP) is 4.53. The topological polar surface area (TPSA) is 43.7 Å². The minimum atomic E-state index is -1.71. The molecule has 0 bridgehead atoms. The van der Waals surface area contributed by atoms with E-state index in [4.69, 9.17) is 9.16 Å². The van der Waals surface area contributed by atoms with Crippen LogP contribution >= 0.6 is 0 Å². The minimum absolute atomic E-state index is 0.107.